The zero-order valence-corrected chi connectivity index (χ0v) is 11.3. The van der Waals surface area contributed by atoms with Crippen LogP contribution in [0.1, 0.15) is 30.5 Å². The fourth-order valence-electron chi connectivity index (χ4n) is 2.04. The van der Waals surface area contributed by atoms with Gasteiger partial charge in [-0.25, -0.2) is 0 Å². The quantitative estimate of drug-likeness (QED) is 0.693. The highest BCUT2D eigenvalue weighted by Crippen LogP contribution is 2.25. The van der Waals surface area contributed by atoms with E-state index in [1.807, 2.05) is 26.0 Å². The van der Waals surface area contributed by atoms with Crippen molar-refractivity contribution < 1.29 is 14.9 Å². The molecule has 0 aliphatic heterocycles. The number of hydrogen-bond donors (Lipinski definition) is 3. The van der Waals surface area contributed by atoms with Crippen LogP contribution in [0.5, 0.6) is 5.75 Å². The molecule has 0 radical (unpaired) electrons. The van der Waals surface area contributed by atoms with E-state index in [0.717, 1.165) is 11.1 Å². The summed E-state index contributed by atoms with van der Waals surface area (Å²) < 4.78 is 5.11. The Kier molecular flexibility index (Phi) is 6.12. The summed E-state index contributed by atoms with van der Waals surface area (Å²) in [6.07, 6.45) is 0.630. The standard InChI is InChI=1S/C14H23NO3/c1-10-4-5-14(17)13(8-10)11(2)15-12(6-7-16)9-18-3/h4-5,8,11-12,15-17H,6-7,9H2,1-3H3. The van der Waals surface area contributed by atoms with Crippen molar-refractivity contribution in [2.45, 2.75) is 32.4 Å². The van der Waals surface area contributed by atoms with E-state index in [4.69, 9.17) is 9.84 Å². The van der Waals surface area contributed by atoms with E-state index in [9.17, 15) is 5.11 Å². The molecule has 0 amide bonds. The Morgan fingerprint density at radius 3 is 2.72 bits per heavy atom. The second-order valence-electron chi connectivity index (χ2n) is 4.62. The Bertz CT molecular complexity index is 362. The SMILES string of the molecule is COCC(CCO)NC(C)c1cc(C)ccc1O. The van der Waals surface area contributed by atoms with Crippen molar-refractivity contribution in [3.8, 4) is 5.75 Å². The highest BCUT2D eigenvalue weighted by Gasteiger charge is 2.15. The lowest BCUT2D eigenvalue weighted by Crippen LogP contribution is -2.36. The van der Waals surface area contributed by atoms with Gasteiger partial charge in [-0.15, -0.1) is 0 Å². The smallest absolute Gasteiger partial charge is 0.120 e. The molecule has 4 heteroatoms. The highest BCUT2D eigenvalue weighted by molar-refractivity contribution is 5.37. The van der Waals surface area contributed by atoms with Crippen molar-refractivity contribution >= 4 is 0 Å². The molecule has 0 aliphatic rings. The number of phenols is 1. The molecule has 3 N–H and O–H groups in total. The molecule has 0 saturated heterocycles. The van der Waals surface area contributed by atoms with Gasteiger partial charge in [-0.2, -0.15) is 0 Å². The maximum Gasteiger partial charge on any atom is 0.120 e. The Morgan fingerprint density at radius 2 is 2.11 bits per heavy atom. The van der Waals surface area contributed by atoms with Crippen LogP contribution >= 0.6 is 0 Å². The van der Waals surface area contributed by atoms with E-state index < -0.39 is 0 Å². The van der Waals surface area contributed by atoms with Crippen LogP contribution in [0.4, 0.5) is 0 Å². The molecule has 1 aromatic carbocycles. The molecule has 1 aromatic rings. The zero-order valence-electron chi connectivity index (χ0n) is 11.3. The molecule has 0 bridgehead atoms. The Hall–Kier alpha value is -1.10. The van der Waals surface area contributed by atoms with Gasteiger partial charge in [-0.1, -0.05) is 17.7 Å². The zero-order chi connectivity index (χ0) is 13.5. The molecule has 18 heavy (non-hydrogen) atoms. The molecular weight excluding hydrogens is 230 g/mol. The van der Waals surface area contributed by atoms with Crippen molar-refractivity contribution in [2.24, 2.45) is 0 Å². The van der Waals surface area contributed by atoms with E-state index in [0.29, 0.717) is 18.8 Å². The molecule has 0 fully saturated rings. The Labute approximate surface area is 109 Å². The lowest BCUT2D eigenvalue weighted by Gasteiger charge is -2.23. The van der Waals surface area contributed by atoms with Gasteiger partial charge in [0.15, 0.2) is 0 Å². The molecular formula is C14H23NO3. The van der Waals surface area contributed by atoms with Crippen LogP contribution in [0, 0.1) is 6.92 Å². The summed E-state index contributed by atoms with van der Waals surface area (Å²) >= 11 is 0. The molecule has 4 nitrogen and oxygen atoms in total. The van der Waals surface area contributed by atoms with Gasteiger partial charge in [0.1, 0.15) is 5.75 Å². The number of aliphatic hydroxyl groups is 1. The molecule has 0 heterocycles. The van der Waals surface area contributed by atoms with Gasteiger partial charge in [0.05, 0.1) is 6.61 Å². The summed E-state index contributed by atoms with van der Waals surface area (Å²) in [5.74, 6) is 0.292. The van der Waals surface area contributed by atoms with Crippen LogP contribution < -0.4 is 5.32 Å². The first-order chi connectivity index (χ1) is 8.58. The van der Waals surface area contributed by atoms with Gasteiger partial charge < -0.3 is 20.3 Å². The van der Waals surface area contributed by atoms with Crippen LogP contribution in [0.3, 0.4) is 0 Å². The van der Waals surface area contributed by atoms with Crippen molar-refractivity contribution in [1.82, 2.24) is 5.32 Å². The predicted octanol–water partition coefficient (Wildman–Crippen LogP) is 1.75. The summed E-state index contributed by atoms with van der Waals surface area (Å²) in [7, 11) is 1.64. The molecule has 102 valence electrons. The molecule has 0 aliphatic carbocycles. The van der Waals surface area contributed by atoms with Gasteiger partial charge >= 0.3 is 0 Å². The van der Waals surface area contributed by atoms with E-state index in [2.05, 4.69) is 5.32 Å². The molecule has 0 saturated carbocycles. The van der Waals surface area contributed by atoms with Crippen LogP contribution in [-0.4, -0.2) is 36.6 Å². The first-order valence-corrected chi connectivity index (χ1v) is 6.23. The highest BCUT2D eigenvalue weighted by atomic mass is 16.5. The molecule has 2 atom stereocenters. The summed E-state index contributed by atoms with van der Waals surface area (Å²) in [5.41, 5.74) is 1.98. The average Bonchev–Trinajstić information content (AvgIpc) is 2.33. The Balaban J connectivity index is 2.73. The second kappa shape index (κ2) is 7.36. The van der Waals surface area contributed by atoms with Gasteiger partial charge in [0, 0.05) is 31.4 Å². The predicted molar refractivity (Wildman–Crippen MR) is 71.8 cm³/mol. The van der Waals surface area contributed by atoms with E-state index >= 15 is 0 Å². The van der Waals surface area contributed by atoms with Gasteiger partial charge in [0.2, 0.25) is 0 Å². The van der Waals surface area contributed by atoms with Crippen LogP contribution in [0.15, 0.2) is 18.2 Å². The first kappa shape index (κ1) is 15.0. The van der Waals surface area contributed by atoms with E-state index in [1.54, 1.807) is 13.2 Å². The summed E-state index contributed by atoms with van der Waals surface area (Å²) in [6.45, 7) is 4.65. The fourth-order valence-corrected chi connectivity index (χ4v) is 2.04. The van der Waals surface area contributed by atoms with E-state index in [-0.39, 0.29) is 18.7 Å². The van der Waals surface area contributed by atoms with E-state index in [1.165, 1.54) is 0 Å². The lowest BCUT2D eigenvalue weighted by molar-refractivity contribution is 0.143. The number of phenolic OH excluding ortho intramolecular Hbond substituents is 1. The van der Waals surface area contributed by atoms with Crippen molar-refractivity contribution in [1.29, 1.82) is 0 Å². The average molecular weight is 253 g/mol. The van der Waals surface area contributed by atoms with Gasteiger partial charge in [0.25, 0.3) is 0 Å². The fraction of sp³-hybridized carbons (Fsp3) is 0.571. The van der Waals surface area contributed by atoms with Crippen molar-refractivity contribution in [3.63, 3.8) is 0 Å². The monoisotopic (exact) mass is 253 g/mol. The second-order valence-corrected chi connectivity index (χ2v) is 4.62. The number of ether oxygens (including phenoxy) is 1. The number of hydrogen-bond acceptors (Lipinski definition) is 4. The van der Waals surface area contributed by atoms with Gasteiger partial charge in [-0.3, -0.25) is 0 Å². The Morgan fingerprint density at radius 1 is 1.39 bits per heavy atom. The molecule has 2 unspecified atom stereocenters. The largest absolute Gasteiger partial charge is 0.508 e. The summed E-state index contributed by atoms with van der Waals surface area (Å²) in [5, 5.41) is 22.2. The maximum absolute atomic E-state index is 9.86. The normalized spacial score (nSPS) is 14.4. The molecule has 0 spiro atoms. The van der Waals surface area contributed by atoms with Crippen LogP contribution in [0.2, 0.25) is 0 Å². The molecule has 1 rings (SSSR count). The lowest BCUT2D eigenvalue weighted by atomic mass is 10.0. The minimum absolute atomic E-state index is 0.0107. The topological polar surface area (TPSA) is 61.7 Å². The van der Waals surface area contributed by atoms with Crippen molar-refractivity contribution in [3.05, 3.63) is 29.3 Å². The molecule has 0 aromatic heterocycles. The minimum atomic E-state index is 0.0107. The number of nitrogens with one attached hydrogen (secondary N) is 1. The number of aromatic hydroxyl groups is 1. The first-order valence-electron chi connectivity index (χ1n) is 6.23. The third-order valence-corrected chi connectivity index (χ3v) is 2.98. The third-order valence-electron chi connectivity index (χ3n) is 2.98. The number of methoxy groups -OCH3 is 1. The van der Waals surface area contributed by atoms with Crippen LogP contribution in [0.25, 0.3) is 0 Å². The van der Waals surface area contributed by atoms with Crippen molar-refractivity contribution in [2.75, 3.05) is 20.3 Å². The number of aliphatic hydroxyl groups excluding tert-OH is 1. The van der Waals surface area contributed by atoms with Gasteiger partial charge in [-0.05, 0) is 26.3 Å². The minimum Gasteiger partial charge on any atom is -0.508 e. The van der Waals surface area contributed by atoms with Crippen LogP contribution in [-0.2, 0) is 4.74 Å². The number of aryl methyl sites for hydroxylation is 1. The third kappa shape index (κ3) is 4.29. The summed E-state index contributed by atoms with van der Waals surface area (Å²) in [4.78, 5) is 0. The summed E-state index contributed by atoms with van der Waals surface area (Å²) in [6, 6.07) is 5.65. The number of rotatable bonds is 7. The number of benzene rings is 1. The maximum atomic E-state index is 9.86.